The smallest absolute Gasteiger partial charge is 0.123 e. The van der Waals surface area contributed by atoms with E-state index in [1.165, 1.54) is 6.07 Å². The van der Waals surface area contributed by atoms with Crippen molar-refractivity contribution in [3.8, 4) is 0 Å². The van der Waals surface area contributed by atoms with E-state index in [0.717, 1.165) is 30.8 Å². The minimum atomic E-state index is -0.217. The first-order chi connectivity index (χ1) is 9.95. The Bertz CT molecular complexity index is 809. The van der Waals surface area contributed by atoms with Crippen LogP contribution in [0, 0.1) is 12.7 Å². The Morgan fingerprint density at radius 2 is 2.19 bits per heavy atom. The molecule has 3 aromatic rings. The number of aromatic nitrogens is 2. The van der Waals surface area contributed by atoms with Crippen LogP contribution >= 0.6 is 27.3 Å². The van der Waals surface area contributed by atoms with Crippen molar-refractivity contribution in [3.63, 3.8) is 0 Å². The number of benzene rings is 1. The van der Waals surface area contributed by atoms with Gasteiger partial charge in [-0.15, -0.1) is 11.3 Å². The summed E-state index contributed by atoms with van der Waals surface area (Å²) < 4.78 is 17.2. The molecule has 3 nitrogen and oxygen atoms in total. The zero-order chi connectivity index (χ0) is 15.1. The number of thiophene rings is 1. The van der Waals surface area contributed by atoms with Gasteiger partial charge in [0.1, 0.15) is 5.82 Å². The summed E-state index contributed by atoms with van der Waals surface area (Å²) in [6.45, 7) is 1.96. The highest BCUT2D eigenvalue weighted by molar-refractivity contribution is 9.10. The number of fused-ring (bicyclic) bond motifs is 1. The monoisotopic (exact) mass is 367 g/mol. The SMILES string of the molecule is Cc1nn(C)c(CC(N)c2cc3cc(F)ccc3s2)c1Br. The highest BCUT2D eigenvalue weighted by atomic mass is 79.9. The summed E-state index contributed by atoms with van der Waals surface area (Å²) in [6.07, 6.45) is 0.688. The van der Waals surface area contributed by atoms with E-state index in [1.54, 1.807) is 23.5 Å². The maximum atomic E-state index is 13.3. The van der Waals surface area contributed by atoms with Crippen molar-refractivity contribution < 1.29 is 4.39 Å². The summed E-state index contributed by atoms with van der Waals surface area (Å²) in [5.41, 5.74) is 8.36. The second-order valence-corrected chi connectivity index (χ2v) is 7.02. The van der Waals surface area contributed by atoms with Gasteiger partial charge in [0.05, 0.1) is 15.9 Å². The van der Waals surface area contributed by atoms with Gasteiger partial charge in [-0.2, -0.15) is 5.10 Å². The van der Waals surface area contributed by atoms with Crippen LogP contribution in [0.4, 0.5) is 4.39 Å². The van der Waals surface area contributed by atoms with E-state index in [0.29, 0.717) is 6.42 Å². The lowest BCUT2D eigenvalue weighted by Gasteiger charge is -2.10. The Labute approximate surface area is 134 Å². The van der Waals surface area contributed by atoms with E-state index < -0.39 is 0 Å². The molecule has 0 spiro atoms. The van der Waals surface area contributed by atoms with E-state index in [9.17, 15) is 4.39 Å². The summed E-state index contributed by atoms with van der Waals surface area (Å²) in [6, 6.07) is 6.68. The van der Waals surface area contributed by atoms with Crippen LogP contribution in [0.15, 0.2) is 28.7 Å². The van der Waals surface area contributed by atoms with Crippen LogP contribution in [-0.4, -0.2) is 9.78 Å². The quantitative estimate of drug-likeness (QED) is 0.757. The van der Waals surface area contributed by atoms with Gasteiger partial charge < -0.3 is 5.73 Å². The number of nitrogens with two attached hydrogens (primary N) is 1. The molecule has 0 saturated carbocycles. The molecule has 110 valence electrons. The van der Waals surface area contributed by atoms with Gasteiger partial charge in [0, 0.05) is 29.1 Å². The Balaban J connectivity index is 1.91. The first-order valence-electron chi connectivity index (χ1n) is 6.58. The molecule has 1 atom stereocenters. The first kappa shape index (κ1) is 14.7. The third kappa shape index (κ3) is 2.75. The minimum absolute atomic E-state index is 0.128. The molecule has 0 radical (unpaired) electrons. The summed E-state index contributed by atoms with van der Waals surface area (Å²) in [4.78, 5) is 1.06. The fraction of sp³-hybridized carbons (Fsp3) is 0.267. The molecule has 6 heteroatoms. The summed E-state index contributed by atoms with van der Waals surface area (Å²) in [5, 5.41) is 5.29. The summed E-state index contributed by atoms with van der Waals surface area (Å²) >= 11 is 5.18. The largest absolute Gasteiger partial charge is 0.323 e. The molecule has 0 amide bonds. The van der Waals surface area contributed by atoms with Crippen molar-refractivity contribution in [2.24, 2.45) is 12.8 Å². The Hall–Kier alpha value is -1.24. The molecule has 1 aromatic carbocycles. The van der Waals surface area contributed by atoms with Gasteiger partial charge in [0.15, 0.2) is 0 Å². The zero-order valence-corrected chi connectivity index (χ0v) is 14.1. The van der Waals surface area contributed by atoms with Crippen LogP contribution in [0.25, 0.3) is 10.1 Å². The third-order valence-electron chi connectivity index (χ3n) is 3.54. The standard InChI is InChI=1S/C15H15BrFN3S/c1-8-15(16)12(20(2)19-8)7-11(18)14-6-9-5-10(17)3-4-13(9)21-14/h3-6,11H,7,18H2,1-2H3. The molecule has 2 N–H and O–H groups in total. The summed E-state index contributed by atoms with van der Waals surface area (Å²) in [7, 11) is 1.92. The lowest BCUT2D eigenvalue weighted by molar-refractivity contribution is 0.630. The van der Waals surface area contributed by atoms with Crippen LogP contribution in [0.2, 0.25) is 0 Å². The molecule has 3 rings (SSSR count). The van der Waals surface area contributed by atoms with E-state index in [4.69, 9.17) is 5.73 Å². The second-order valence-electron chi connectivity index (χ2n) is 5.11. The molecule has 2 aromatic heterocycles. The van der Waals surface area contributed by atoms with Crippen molar-refractivity contribution in [1.82, 2.24) is 9.78 Å². The highest BCUT2D eigenvalue weighted by Crippen LogP contribution is 2.32. The number of nitrogens with zero attached hydrogens (tertiary/aromatic N) is 2. The van der Waals surface area contributed by atoms with Gasteiger partial charge in [-0.1, -0.05) is 0 Å². The number of hydrogen-bond acceptors (Lipinski definition) is 3. The Kier molecular flexibility index (Phi) is 3.86. The number of aryl methyl sites for hydroxylation is 2. The van der Waals surface area contributed by atoms with E-state index in [-0.39, 0.29) is 11.9 Å². The molecular formula is C15H15BrFN3S. The van der Waals surface area contributed by atoms with Gasteiger partial charge >= 0.3 is 0 Å². The zero-order valence-electron chi connectivity index (χ0n) is 11.7. The Morgan fingerprint density at radius 3 is 2.86 bits per heavy atom. The molecule has 0 saturated heterocycles. The second kappa shape index (κ2) is 5.51. The van der Waals surface area contributed by atoms with Crippen LogP contribution in [-0.2, 0) is 13.5 Å². The molecule has 0 aliphatic carbocycles. The Morgan fingerprint density at radius 1 is 1.43 bits per heavy atom. The van der Waals surface area contributed by atoms with Crippen LogP contribution in [0.5, 0.6) is 0 Å². The van der Waals surface area contributed by atoms with Crippen molar-refractivity contribution in [2.45, 2.75) is 19.4 Å². The fourth-order valence-electron chi connectivity index (χ4n) is 2.43. The van der Waals surface area contributed by atoms with Gasteiger partial charge in [-0.3, -0.25) is 4.68 Å². The molecule has 1 unspecified atom stereocenters. The lowest BCUT2D eigenvalue weighted by atomic mass is 10.1. The maximum absolute atomic E-state index is 13.3. The molecule has 2 heterocycles. The molecule has 0 aliphatic heterocycles. The van der Waals surface area contributed by atoms with Crippen LogP contribution in [0.3, 0.4) is 0 Å². The highest BCUT2D eigenvalue weighted by Gasteiger charge is 2.17. The van der Waals surface area contributed by atoms with Gasteiger partial charge in [-0.25, -0.2) is 4.39 Å². The number of rotatable bonds is 3. The predicted octanol–water partition coefficient (Wildman–Crippen LogP) is 4.09. The molecule has 0 aliphatic rings. The lowest BCUT2D eigenvalue weighted by Crippen LogP contribution is -2.14. The van der Waals surface area contributed by atoms with Gasteiger partial charge in [0.2, 0.25) is 0 Å². The van der Waals surface area contributed by atoms with Crippen LogP contribution < -0.4 is 5.73 Å². The predicted molar refractivity (Wildman–Crippen MR) is 88.1 cm³/mol. The first-order valence-corrected chi connectivity index (χ1v) is 8.19. The van der Waals surface area contributed by atoms with Gasteiger partial charge in [-0.05, 0) is 52.5 Å². The van der Waals surface area contributed by atoms with E-state index in [1.807, 2.05) is 24.7 Å². The van der Waals surface area contributed by atoms with Crippen molar-refractivity contribution >= 4 is 37.4 Å². The fourth-order valence-corrected chi connectivity index (χ4v) is 3.97. The topological polar surface area (TPSA) is 43.8 Å². The maximum Gasteiger partial charge on any atom is 0.123 e. The molecular weight excluding hydrogens is 353 g/mol. The van der Waals surface area contributed by atoms with Crippen molar-refractivity contribution in [3.05, 3.63) is 50.8 Å². The number of halogens is 2. The third-order valence-corrected chi connectivity index (χ3v) is 5.82. The molecule has 0 fully saturated rings. The molecule has 21 heavy (non-hydrogen) atoms. The normalized spacial score (nSPS) is 13.0. The van der Waals surface area contributed by atoms with Crippen molar-refractivity contribution in [1.29, 1.82) is 0 Å². The minimum Gasteiger partial charge on any atom is -0.323 e. The van der Waals surface area contributed by atoms with Crippen LogP contribution in [0.1, 0.15) is 22.3 Å². The molecule has 0 bridgehead atoms. The van der Waals surface area contributed by atoms with E-state index in [2.05, 4.69) is 21.0 Å². The number of hydrogen-bond donors (Lipinski definition) is 1. The van der Waals surface area contributed by atoms with E-state index >= 15 is 0 Å². The van der Waals surface area contributed by atoms with Gasteiger partial charge in [0.25, 0.3) is 0 Å². The average molecular weight is 368 g/mol. The average Bonchev–Trinajstić information content (AvgIpc) is 2.95. The summed E-state index contributed by atoms with van der Waals surface area (Å²) in [5.74, 6) is -0.217. The van der Waals surface area contributed by atoms with Crippen molar-refractivity contribution in [2.75, 3.05) is 0 Å².